The molecular weight excluding hydrogens is 356 g/mol. The second kappa shape index (κ2) is 11.9. The van der Waals surface area contributed by atoms with Crippen LogP contribution >= 0.6 is 0 Å². The van der Waals surface area contributed by atoms with Crippen molar-refractivity contribution in [3.05, 3.63) is 41.9 Å². The molecule has 2 rings (SSSR count). The van der Waals surface area contributed by atoms with Gasteiger partial charge in [0.05, 0.1) is 13.0 Å². The van der Waals surface area contributed by atoms with Gasteiger partial charge in [-0.15, -0.1) is 0 Å². The van der Waals surface area contributed by atoms with Crippen molar-refractivity contribution in [1.82, 2.24) is 15.0 Å². The average Bonchev–Trinajstić information content (AvgIpc) is 2.70. The number of hydrogen-bond acceptors (Lipinski definition) is 6. The van der Waals surface area contributed by atoms with E-state index in [-0.39, 0.29) is 12.3 Å². The second-order valence-corrected chi connectivity index (χ2v) is 6.74. The number of carboxylic acid groups (broad SMARTS) is 1. The smallest absolute Gasteiger partial charge is 0.316 e. The van der Waals surface area contributed by atoms with Crippen LogP contribution in [-0.4, -0.2) is 39.7 Å². The number of ether oxygens (including phenoxy) is 1. The molecule has 0 radical (unpaired) electrons. The molecule has 2 N–H and O–H groups in total. The lowest BCUT2D eigenvalue weighted by Gasteiger charge is -2.15. The van der Waals surface area contributed by atoms with E-state index in [1.54, 1.807) is 12.4 Å². The standard InChI is InChI=1S/C21H30N4O3/c1-3-28-21-23-14-17(15-24-21)16(13-20(26)27)9-6-4-5-7-10-18-11-8-12-19(22-2)25-18/h8,11-12,14-16H,3-7,9-10,13H2,1-2H3,(H,22,25)(H,26,27). The Balaban J connectivity index is 1.76. The summed E-state index contributed by atoms with van der Waals surface area (Å²) in [5.41, 5.74) is 1.96. The molecule has 152 valence electrons. The molecule has 0 saturated carbocycles. The molecule has 0 fully saturated rings. The number of carboxylic acids is 1. The van der Waals surface area contributed by atoms with Crippen LogP contribution < -0.4 is 10.1 Å². The zero-order valence-electron chi connectivity index (χ0n) is 16.7. The van der Waals surface area contributed by atoms with Crippen LogP contribution in [0.2, 0.25) is 0 Å². The molecule has 2 aromatic heterocycles. The first-order valence-corrected chi connectivity index (χ1v) is 9.92. The summed E-state index contributed by atoms with van der Waals surface area (Å²) >= 11 is 0. The first kappa shape index (κ1) is 21.6. The van der Waals surface area contributed by atoms with Gasteiger partial charge in [-0.2, -0.15) is 0 Å². The second-order valence-electron chi connectivity index (χ2n) is 6.74. The molecule has 0 amide bonds. The number of rotatable bonds is 13. The summed E-state index contributed by atoms with van der Waals surface area (Å²) in [6, 6.07) is 6.35. The largest absolute Gasteiger partial charge is 0.481 e. The van der Waals surface area contributed by atoms with Crippen LogP contribution in [0.3, 0.4) is 0 Å². The van der Waals surface area contributed by atoms with Gasteiger partial charge in [0.1, 0.15) is 5.82 Å². The van der Waals surface area contributed by atoms with Gasteiger partial charge >= 0.3 is 12.0 Å². The van der Waals surface area contributed by atoms with Crippen LogP contribution in [0.25, 0.3) is 0 Å². The normalized spacial score (nSPS) is 11.8. The molecular formula is C21H30N4O3. The van der Waals surface area contributed by atoms with Crippen LogP contribution in [0.5, 0.6) is 6.01 Å². The lowest BCUT2D eigenvalue weighted by Crippen LogP contribution is -2.08. The fourth-order valence-corrected chi connectivity index (χ4v) is 3.15. The number of nitrogens with one attached hydrogen (secondary N) is 1. The van der Waals surface area contributed by atoms with E-state index in [0.717, 1.165) is 55.6 Å². The van der Waals surface area contributed by atoms with E-state index in [2.05, 4.69) is 26.3 Å². The minimum absolute atomic E-state index is 0.0675. The highest BCUT2D eigenvalue weighted by atomic mass is 16.5. The zero-order chi connectivity index (χ0) is 20.2. The van der Waals surface area contributed by atoms with Crippen molar-refractivity contribution in [3.8, 4) is 6.01 Å². The zero-order valence-corrected chi connectivity index (χ0v) is 16.7. The third-order valence-electron chi connectivity index (χ3n) is 4.61. The number of aliphatic carboxylic acids is 1. The summed E-state index contributed by atoms with van der Waals surface area (Å²) in [5.74, 6) is 0.0307. The van der Waals surface area contributed by atoms with Gasteiger partial charge in [-0.05, 0) is 49.8 Å². The number of pyridine rings is 1. The monoisotopic (exact) mass is 386 g/mol. The Morgan fingerprint density at radius 2 is 1.93 bits per heavy atom. The number of nitrogens with zero attached hydrogens (tertiary/aromatic N) is 3. The number of aryl methyl sites for hydroxylation is 1. The maximum absolute atomic E-state index is 11.2. The minimum Gasteiger partial charge on any atom is -0.481 e. The molecule has 0 bridgehead atoms. The van der Waals surface area contributed by atoms with Crippen molar-refractivity contribution in [2.24, 2.45) is 0 Å². The van der Waals surface area contributed by atoms with Gasteiger partial charge in [-0.3, -0.25) is 4.79 Å². The topological polar surface area (TPSA) is 97.2 Å². The lowest BCUT2D eigenvalue weighted by molar-refractivity contribution is -0.137. The molecule has 0 spiro atoms. The van der Waals surface area contributed by atoms with Gasteiger partial charge in [-0.25, -0.2) is 15.0 Å². The van der Waals surface area contributed by atoms with E-state index < -0.39 is 5.97 Å². The van der Waals surface area contributed by atoms with Crippen molar-refractivity contribution in [1.29, 1.82) is 0 Å². The Morgan fingerprint density at radius 1 is 1.18 bits per heavy atom. The van der Waals surface area contributed by atoms with Crippen molar-refractivity contribution in [2.45, 2.75) is 57.8 Å². The van der Waals surface area contributed by atoms with Crippen molar-refractivity contribution >= 4 is 11.8 Å². The van der Waals surface area contributed by atoms with Gasteiger partial charge in [0.2, 0.25) is 0 Å². The predicted molar refractivity (Wildman–Crippen MR) is 109 cm³/mol. The summed E-state index contributed by atoms with van der Waals surface area (Å²) < 4.78 is 5.25. The molecule has 0 aliphatic carbocycles. The average molecular weight is 386 g/mol. The van der Waals surface area contributed by atoms with E-state index in [0.29, 0.717) is 12.6 Å². The maximum atomic E-state index is 11.2. The fourth-order valence-electron chi connectivity index (χ4n) is 3.15. The Morgan fingerprint density at radius 3 is 2.61 bits per heavy atom. The number of carbonyl (C=O) groups is 1. The molecule has 0 aliphatic rings. The molecule has 7 heteroatoms. The van der Waals surface area contributed by atoms with Gasteiger partial charge < -0.3 is 15.2 Å². The molecule has 0 aromatic carbocycles. The van der Waals surface area contributed by atoms with Gasteiger partial charge in [0, 0.05) is 25.1 Å². The van der Waals surface area contributed by atoms with Crippen LogP contribution in [0, 0.1) is 0 Å². The van der Waals surface area contributed by atoms with E-state index in [1.807, 2.05) is 26.1 Å². The van der Waals surface area contributed by atoms with Crippen molar-refractivity contribution < 1.29 is 14.6 Å². The molecule has 1 atom stereocenters. The summed E-state index contributed by atoms with van der Waals surface area (Å²) in [6.07, 6.45) is 9.48. The Labute approximate surface area is 166 Å². The van der Waals surface area contributed by atoms with E-state index in [9.17, 15) is 9.90 Å². The highest BCUT2D eigenvalue weighted by Gasteiger charge is 2.16. The molecule has 0 saturated heterocycles. The fraction of sp³-hybridized carbons (Fsp3) is 0.524. The molecule has 0 aliphatic heterocycles. The number of hydrogen-bond donors (Lipinski definition) is 2. The van der Waals surface area contributed by atoms with Gasteiger partial charge in [-0.1, -0.05) is 25.3 Å². The van der Waals surface area contributed by atoms with Crippen LogP contribution in [0.4, 0.5) is 5.82 Å². The third-order valence-corrected chi connectivity index (χ3v) is 4.61. The summed E-state index contributed by atoms with van der Waals surface area (Å²) in [4.78, 5) is 24.1. The summed E-state index contributed by atoms with van der Waals surface area (Å²) in [6.45, 7) is 2.38. The van der Waals surface area contributed by atoms with Crippen LogP contribution in [-0.2, 0) is 11.2 Å². The van der Waals surface area contributed by atoms with Crippen LogP contribution in [0.1, 0.15) is 62.6 Å². The van der Waals surface area contributed by atoms with Crippen LogP contribution in [0.15, 0.2) is 30.6 Å². The number of unbranched alkanes of at least 4 members (excludes halogenated alkanes) is 3. The first-order valence-electron chi connectivity index (χ1n) is 9.92. The Kier molecular flexibility index (Phi) is 9.18. The lowest BCUT2D eigenvalue weighted by atomic mass is 9.92. The number of anilines is 1. The number of aromatic nitrogens is 3. The van der Waals surface area contributed by atoms with Gasteiger partial charge in [0.15, 0.2) is 0 Å². The first-order chi connectivity index (χ1) is 13.6. The minimum atomic E-state index is -0.797. The van der Waals surface area contributed by atoms with Crippen molar-refractivity contribution in [3.63, 3.8) is 0 Å². The molecule has 1 unspecified atom stereocenters. The highest BCUT2D eigenvalue weighted by Crippen LogP contribution is 2.26. The summed E-state index contributed by atoms with van der Waals surface area (Å²) in [7, 11) is 1.87. The maximum Gasteiger partial charge on any atom is 0.316 e. The third kappa shape index (κ3) is 7.50. The van der Waals surface area contributed by atoms with Crippen molar-refractivity contribution in [2.75, 3.05) is 19.0 Å². The van der Waals surface area contributed by atoms with E-state index in [4.69, 9.17) is 4.74 Å². The Hall–Kier alpha value is -2.70. The predicted octanol–water partition coefficient (Wildman–Crippen LogP) is 4.06. The SMILES string of the molecule is CCOc1ncc(C(CCCCCCc2cccc(NC)n2)CC(=O)O)cn1. The molecule has 2 heterocycles. The molecule has 28 heavy (non-hydrogen) atoms. The van der Waals surface area contributed by atoms with E-state index in [1.165, 1.54) is 0 Å². The highest BCUT2D eigenvalue weighted by molar-refractivity contribution is 5.68. The molecule has 7 nitrogen and oxygen atoms in total. The summed E-state index contributed by atoms with van der Waals surface area (Å²) in [5, 5.41) is 12.3. The van der Waals surface area contributed by atoms with Gasteiger partial charge in [0.25, 0.3) is 0 Å². The Bertz CT molecular complexity index is 722. The quantitative estimate of drug-likeness (QED) is 0.501. The molecule has 2 aromatic rings. The van der Waals surface area contributed by atoms with E-state index >= 15 is 0 Å².